The molecule has 0 unspecified atom stereocenters. The van der Waals surface area contributed by atoms with E-state index in [9.17, 15) is 4.79 Å². The fraction of sp³-hybridized carbons (Fsp3) is 0.773. The van der Waals surface area contributed by atoms with Crippen LogP contribution in [0, 0.1) is 28.6 Å². The summed E-state index contributed by atoms with van der Waals surface area (Å²) in [4.78, 5) is 12.8. The number of Topliss-reactive ketones (excluding diaryl/α,β-unsaturated/α-hetero) is 1. The maximum absolute atomic E-state index is 12.8. The molecule has 2 fully saturated rings. The van der Waals surface area contributed by atoms with Gasteiger partial charge in [-0.2, -0.15) is 0 Å². The van der Waals surface area contributed by atoms with Crippen LogP contribution in [0.15, 0.2) is 23.8 Å². The lowest BCUT2D eigenvalue weighted by Gasteiger charge is -2.56. The monoisotopic (exact) mass is 312 g/mol. The Morgan fingerprint density at radius 1 is 1.22 bits per heavy atom. The van der Waals surface area contributed by atoms with Crippen LogP contribution in [0.2, 0.25) is 0 Å². The Kier molecular flexibility index (Phi) is 3.82. The predicted octanol–water partition coefficient (Wildman–Crippen LogP) is 5.85. The van der Waals surface area contributed by atoms with Crippen LogP contribution >= 0.6 is 0 Å². The molecule has 0 N–H and O–H groups in total. The summed E-state index contributed by atoms with van der Waals surface area (Å²) in [5.74, 6) is 2.89. The first-order chi connectivity index (χ1) is 11.1. The summed E-state index contributed by atoms with van der Waals surface area (Å²) >= 11 is 0. The molecular formula is C22H32O. The van der Waals surface area contributed by atoms with Crippen LogP contribution in [0.1, 0.15) is 78.1 Å². The van der Waals surface area contributed by atoms with Gasteiger partial charge in [-0.25, -0.2) is 0 Å². The molecular weight excluding hydrogens is 280 g/mol. The van der Waals surface area contributed by atoms with Gasteiger partial charge in [0, 0.05) is 11.8 Å². The van der Waals surface area contributed by atoms with Gasteiger partial charge in [0.1, 0.15) is 5.78 Å². The molecule has 0 radical (unpaired) electrons. The average molecular weight is 312 g/mol. The minimum atomic E-state index is 0.0728. The van der Waals surface area contributed by atoms with Crippen molar-refractivity contribution in [2.24, 2.45) is 28.6 Å². The van der Waals surface area contributed by atoms with E-state index in [1.807, 2.05) is 0 Å². The smallest absolute Gasteiger partial charge is 0.139 e. The molecule has 1 heteroatoms. The number of hydrogen-bond acceptors (Lipinski definition) is 1. The van der Waals surface area contributed by atoms with Crippen molar-refractivity contribution < 1.29 is 4.79 Å². The quantitative estimate of drug-likeness (QED) is 0.638. The normalized spacial score (nSPS) is 45.2. The largest absolute Gasteiger partial charge is 0.299 e. The second kappa shape index (κ2) is 5.60. The number of ketones is 1. The van der Waals surface area contributed by atoms with Gasteiger partial charge in [-0.15, -0.1) is 0 Å². The van der Waals surface area contributed by atoms with Crippen LogP contribution in [-0.2, 0) is 4.79 Å². The van der Waals surface area contributed by atoms with Crippen molar-refractivity contribution in [3.63, 3.8) is 0 Å². The molecule has 0 aromatic heterocycles. The van der Waals surface area contributed by atoms with Crippen molar-refractivity contribution in [2.45, 2.75) is 78.1 Å². The van der Waals surface area contributed by atoms with Gasteiger partial charge in [0.05, 0.1) is 0 Å². The first-order valence-electron chi connectivity index (χ1n) is 10.0. The number of fused-ring (bicyclic) bond motifs is 5. The Hall–Kier alpha value is -0.850. The molecule has 126 valence electrons. The Morgan fingerprint density at radius 3 is 2.91 bits per heavy atom. The first-order valence-corrected chi connectivity index (χ1v) is 10.0. The second-order valence-corrected chi connectivity index (χ2v) is 8.89. The maximum Gasteiger partial charge on any atom is 0.139 e. The highest BCUT2D eigenvalue weighted by atomic mass is 16.1. The molecule has 0 heterocycles. The molecule has 1 nitrogen and oxygen atoms in total. The summed E-state index contributed by atoms with van der Waals surface area (Å²) < 4.78 is 0. The summed E-state index contributed by atoms with van der Waals surface area (Å²) in [7, 11) is 0. The number of hydrogen-bond donors (Lipinski definition) is 0. The summed E-state index contributed by atoms with van der Waals surface area (Å²) in [5, 5.41) is 0. The topological polar surface area (TPSA) is 17.1 Å². The molecule has 2 saturated carbocycles. The van der Waals surface area contributed by atoms with Gasteiger partial charge >= 0.3 is 0 Å². The maximum atomic E-state index is 12.8. The summed E-state index contributed by atoms with van der Waals surface area (Å²) in [5.41, 5.74) is 2.07. The van der Waals surface area contributed by atoms with E-state index >= 15 is 0 Å². The predicted molar refractivity (Wildman–Crippen MR) is 95.1 cm³/mol. The number of carbonyl (C=O) groups excluding carboxylic acids is 1. The molecule has 0 aromatic carbocycles. The van der Waals surface area contributed by atoms with E-state index in [1.165, 1.54) is 57.8 Å². The molecule has 0 bridgehead atoms. The summed E-state index contributed by atoms with van der Waals surface area (Å²) in [6.45, 7) is 4.79. The van der Waals surface area contributed by atoms with Gasteiger partial charge < -0.3 is 0 Å². The molecule has 0 saturated heterocycles. The van der Waals surface area contributed by atoms with Crippen LogP contribution in [0.4, 0.5) is 0 Å². The molecule has 0 spiro atoms. The van der Waals surface area contributed by atoms with Crippen molar-refractivity contribution in [2.75, 3.05) is 0 Å². The Balaban J connectivity index is 1.68. The molecule has 5 atom stereocenters. The van der Waals surface area contributed by atoms with E-state index in [4.69, 9.17) is 0 Å². The third-order valence-electron chi connectivity index (χ3n) is 8.07. The van der Waals surface area contributed by atoms with Crippen LogP contribution in [-0.4, -0.2) is 5.78 Å². The zero-order valence-electron chi connectivity index (χ0n) is 14.9. The zero-order valence-corrected chi connectivity index (χ0v) is 14.9. The van der Waals surface area contributed by atoms with Gasteiger partial charge in [0.15, 0.2) is 0 Å². The Bertz CT molecular complexity index is 556. The van der Waals surface area contributed by atoms with E-state index in [0.29, 0.717) is 17.1 Å². The van der Waals surface area contributed by atoms with Crippen LogP contribution in [0.25, 0.3) is 0 Å². The van der Waals surface area contributed by atoms with Gasteiger partial charge in [-0.1, -0.05) is 44.9 Å². The summed E-state index contributed by atoms with van der Waals surface area (Å²) in [6.07, 6.45) is 19.2. The number of carbonyl (C=O) groups is 1. The van der Waals surface area contributed by atoms with Crippen molar-refractivity contribution >= 4 is 5.78 Å². The first kappa shape index (κ1) is 15.7. The average Bonchev–Trinajstić information content (AvgIpc) is 2.90. The highest BCUT2D eigenvalue weighted by molar-refractivity contribution is 5.87. The van der Waals surface area contributed by atoms with Crippen LogP contribution < -0.4 is 0 Å². The van der Waals surface area contributed by atoms with Crippen molar-refractivity contribution in [1.82, 2.24) is 0 Å². The van der Waals surface area contributed by atoms with Crippen molar-refractivity contribution in [1.29, 1.82) is 0 Å². The molecule has 23 heavy (non-hydrogen) atoms. The second-order valence-electron chi connectivity index (χ2n) is 8.89. The van der Waals surface area contributed by atoms with Gasteiger partial charge in [0.2, 0.25) is 0 Å². The van der Waals surface area contributed by atoms with E-state index in [-0.39, 0.29) is 5.41 Å². The highest BCUT2D eigenvalue weighted by Gasteiger charge is 2.59. The molecule has 0 aliphatic heterocycles. The van der Waals surface area contributed by atoms with Gasteiger partial charge in [0.25, 0.3) is 0 Å². The third kappa shape index (κ3) is 2.14. The van der Waals surface area contributed by atoms with Crippen molar-refractivity contribution in [3.05, 3.63) is 23.8 Å². The fourth-order valence-electron chi connectivity index (χ4n) is 6.83. The SMILES string of the molecule is CCCC[C@]12CC[C@H]3[C@@H](CC=C4C=CCC[C@@]43C)[C@@H]1CCC2=O. The molecule has 4 aliphatic rings. The van der Waals surface area contributed by atoms with Gasteiger partial charge in [-0.3, -0.25) is 4.79 Å². The van der Waals surface area contributed by atoms with E-state index in [1.54, 1.807) is 5.57 Å². The lowest BCUT2D eigenvalue weighted by atomic mass is 9.48. The van der Waals surface area contributed by atoms with Gasteiger partial charge in [-0.05, 0) is 73.7 Å². The van der Waals surface area contributed by atoms with Crippen molar-refractivity contribution in [3.8, 4) is 0 Å². The number of unbranched alkanes of at least 4 members (excludes halogenated alkanes) is 1. The highest BCUT2D eigenvalue weighted by Crippen LogP contribution is 2.64. The number of rotatable bonds is 3. The number of allylic oxidation sites excluding steroid dienone is 4. The Morgan fingerprint density at radius 2 is 2.09 bits per heavy atom. The molecule has 4 aliphatic carbocycles. The lowest BCUT2D eigenvalue weighted by molar-refractivity contribution is -0.134. The standard InChI is InChI=1S/C22H32O/c1-3-4-14-22-15-12-18-17(19(22)10-11-20(22)23)9-8-16-7-5-6-13-21(16,18)2/h5,7-8,17-19H,3-4,6,9-15H2,1-2H3/t17-,18+,19+,21+,22+/m1/s1. The molecule has 0 aromatic rings. The lowest BCUT2D eigenvalue weighted by Crippen LogP contribution is -2.50. The molecule has 4 rings (SSSR count). The minimum absolute atomic E-state index is 0.0728. The minimum Gasteiger partial charge on any atom is -0.299 e. The van der Waals surface area contributed by atoms with E-state index in [0.717, 1.165) is 18.3 Å². The molecule has 0 amide bonds. The van der Waals surface area contributed by atoms with E-state index in [2.05, 4.69) is 32.1 Å². The summed E-state index contributed by atoms with van der Waals surface area (Å²) in [6, 6.07) is 0. The fourth-order valence-corrected chi connectivity index (χ4v) is 6.83. The third-order valence-corrected chi connectivity index (χ3v) is 8.07. The van der Waals surface area contributed by atoms with Crippen LogP contribution in [0.3, 0.4) is 0 Å². The zero-order chi connectivity index (χ0) is 16.1. The van der Waals surface area contributed by atoms with Crippen LogP contribution in [0.5, 0.6) is 0 Å². The van der Waals surface area contributed by atoms with E-state index < -0.39 is 0 Å². The Labute approximate surface area is 141 Å².